The van der Waals surface area contributed by atoms with Gasteiger partial charge in [0, 0.05) is 40.5 Å². The molecule has 0 spiro atoms. The van der Waals surface area contributed by atoms with Gasteiger partial charge in [0.1, 0.15) is 11.3 Å². The normalized spacial score (nSPS) is 11.5. The number of hydrogen-bond acceptors (Lipinski definition) is 2. The van der Waals surface area contributed by atoms with Crippen LogP contribution in [0.4, 0.5) is 0 Å². The molecule has 3 nitrogen and oxygen atoms in total. The number of benzene rings is 2. The van der Waals surface area contributed by atoms with E-state index in [0.29, 0.717) is 0 Å². The lowest BCUT2D eigenvalue weighted by atomic mass is 9.99. The molecular formula is C23H18N2O. The summed E-state index contributed by atoms with van der Waals surface area (Å²) in [5.41, 5.74) is 8.65. The second-order valence-electron chi connectivity index (χ2n) is 6.76. The van der Waals surface area contributed by atoms with Crippen LogP contribution in [0.3, 0.4) is 0 Å². The van der Waals surface area contributed by atoms with E-state index in [1.54, 1.807) is 0 Å². The number of aryl methyl sites for hydroxylation is 2. The molecule has 2 aromatic carbocycles. The molecule has 5 aromatic rings. The highest BCUT2D eigenvalue weighted by Gasteiger charge is 2.11. The zero-order chi connectivity index (χ0) is 17.7. The number of aromatic amines is 1. The Bertz CT molecular complexity index is 1240. The van der Waals surface area contributed by atoms with Gasteiger partial charge in [-0.25, -0.2) is 0 Å². The highest BCUT2D eigenvalue weighted by Crippen LogP contribution is 2.33. The van der Waals surface area contributed by atoms with Crippen molar-refractivity contribution in [1.29, 1.82) is 0 Å². The van der Waals surface area contributed by atoms with Crippen molar-refractivity contribution < 1.29 is 4.42 Å². The summed E-state index contributed by atoms with van der Waals surface area (Å²) < 4.78 is 6.10. The molecule has 0 saturated heterocycles. The number of nitrogens with zero attached hydrogens (tertiary/aromatic N) is 1. The zero-order valence-corrected chi connectivity index (χ0v) is 14.7. The average molecular weight is 338 g/mol. The Morgan fingerprint density at radius 2 is 1.73 bits per heavy atom. The van der Waals surface area contributed by atoms with Crippen molar-refractivity contribution >= 4 is 22.0 Å². The lowest BCUT2D eigenvalue weighted by Gasteiger charge is -2.07. The quantitative estimate of drug-likeness (QED) is 0.413. The monoisotopic (exact) mass is 338 g/mol. The van der Waals surface area contributed by atoms with Crippen molar-refractivity contribution in [2.24, 2.45) is 0 Å². The number of nitrogens with one attached hydrogen (secondary N) is 1. The fraction of sp³-hybridized carbons (Fsp3) is 0.0870. The molecule has 5 rings (SSSR count). The van der Waals surface area contributed by atoms with E-state index in [1.165, 1.54) is 22.1 Å². The van der Waals surface area contributed by atoms with E-state index in [0.717, 1.165) is 33.5 Å². The molecule has 0 fully saturated rings. The molecule has 0 saturated carbocycles. The fourth-order valence-electron chi connectivity index (χ4n) is 3.52. The molecule has 0 aliphatic heterocycles. The summed E-state index contributed by atoms with van der Waals surface area (Å²) in [4.78, 5) is 7.89. The predicted molar refractivity (Wildman–Crippen MR) is 106 cm³/mol. The van der Waals surface area contributed by atoms with Crippen molar-refractivity contribution in [3.63, 3.8) is 0 Å². The summed E-state index contributed by atoms with van der Waals surface area (Å²) in [6, 6.07) is 18.8. The van der Waals surface area contributed by atoms with Gasteiger partial charge in [-0.2, -0.15) is 0 Å². The molecule has 0 aliphatic carbocycles. The lowest BCUT2D eigenvalue weighted by molar-refractivity contribution is 0.631. The summed E-state index contributed by atoms with van der Waals surface area (Å²) in [5, 5.41) is 1.24. The second kappa shape index (κ2) is 5.60. The molecule has 0 unspecified atom stereocenters. The molecule has 0 aliphatic rings. The lowest BCUT2D eigenvalue weighted by Crippen LogP contribution is -1.85. The van der Waals surface area contributed by atoms with Gasteiger partial charge in [0.05, 0.1) is 0 Å². The smallest absolute Gasteiger partial charge is 0.153 e. The van der Waals surface area contributed by atoms with E-state index in [2.05, 4.69) is 72.3 Å². The van der Waals surface area contributed by atoms with Crippen molar-refractivity contribution in [3.05, 3.63) is 78.1 Å². The van der Waals surface area contributed by atoms with Crippen LogP contribution >= 0.6 is 0 Å². The molecule has 126 valence electrons. The first-order chi connectivity index (χ1) is 12.7. The first-order valence-electron chi connectivity index (χ1n) is 8.73. The van der Waals surface area contributed by atoms with Gasteiger partial charge in [-0.05, 0) is 43.2 Å². The molecule has 0 bridgehead atoms. The van der Waals surface area contributed by atoms with Crippen LogP contribution < -0.4 is 0 Å². The van der Waals surface area contributed by atoms with Crippen molar-refractivity contribution in [3.8, 4) is 22.5 Å². The number of rotatable bonds is 2. The van der Waals surface area contributed by atoms with Crippen LogP contribution in [0.15, 0.2) is 71.4 Å². The van der Waals surface area contributed by atoms with E-state index in [9.17, 15) is 0 Å². The van der Waals surface area contributed by atoms with Crippen LogP contribution in [0, 0.1) is 13.8 Å². The Morgan fingerprint density at radius 1 is 0.885 bits per heavy atom. The standard InChI is InChI=1S/C23H18N2O/c1-14-3-5-16(6-4-14)22-12-21-23(26-22)11-17(13-25-21)18-7-8-20-19(15(18)2)9-10-24-20/h3-13,24H,1-2H3. The first-order valence-corrected chi connectivity index (χ1v) is 8.73. The van der Waals surface area contributed by atoms with Crippen LogP contribution in [-0.2, 0) is 0 Å². The first kappa shape index (κ1) is 15.0. The van der Waals surface area contributed by atoms with Gasteiger partial charge in [0.15, 0.2) is 5.58 Å². The summed E-state index contributed by atoms with van der Waals surface area (Å²) in [6.45, 7) is 4.23. The van der Waals surface area contributed by atoms with Crippen molar-refractivity contribution in [2.45, 2.75) is 13.8 Å². The second-order valence-corrected chi connectivity index (χ2v) is 6.76. The summed E-state index contributed by atoms with van der Waals surface area (Å²) >= 11 is 0. The van der Waals surface area contributed by atoms with Gasteiger partial charge in [-0.3, -0.25) is 4.98 Å². The Labute approximate surface area is 151 Å². The summed E-state index contributed by atoms with van der Waals surface area (Å²) in [6.07, 6.45) is 3.90. The molecule has 0 atom stereocenters. The fourth-order valence-corrected chi connectivity index (χ4v) is 3.52. The van der Waals surface area contributed by atoms with Crippen LogP contribution in [-0.4, -0.2) is 9.97 Å². The summed E-state index contributed by atoms with van der Waals surface area (Å²) in [7, 11) is 0. The highest BCUT2D eigenvalue weighted by molar-refractivity contribution is 5.91. The maximum atomic E-state index is 6.10. The Balaban J connectivity index is 1.63. The average Bonchev–Trinajstić information content (AvgIpc) is 3.29. The minimum Gasteiger partial charge on any atom is -0.454 e. The van der Waals surface area contributed by atoms with Gasteiger partial charge in [0.2, 0.25) is 0 Å². The summed E-state index contributed by atoms with van der Waals surface area (Å²) in [5.74, 6) is 0.849. The third kappa shape index (κ3) is 2.32. The molecular weight excluding hydrogens is 320 g/mol. The SMILES string of the molecule is Cc1ccc(-c2cc3ncc(-c4ccc5[nH]ccc5c4C)cc3o2)cc1. The molecule has 3 aromatic heterocycles. The molecule has 1 N–H and O–H groups in total. The zero-order valence-electron chi connectivity index (χ0n) is 14.7. The van der Waals surface area contributed by atoms with Gasteiger partial charge in [0.25, 0.3) is 0 Å². The number of pyridine rings is 1. The van der Waals surface area contributed by atoms with Gasteiger partial charge < -0.3 is 9.40 Å². The molecule has 3 heteroatoms. The number of furan rings is 1. The van der Waals surface area contributed by atoms with Crippen LogP contribution in [0.5, 0.6) is 0 Å². The van der Waals surface area contributed by atoms with Crippen LogP contribution in [0.2, 0.25) is 0 Å². The topological polar surface area (TPSA) is 41.8 Å². The molecule has 0 amide bonds. The maximum Gasteiger partial charge on any atom is 0.153 e. The van der Waals surface area contributed by atoms with E-state index in [1.807, 2.05) is 18.5 Å². The van der Waals surface area contributed by atoms with Crippen molar-refractivity contribution in [2.75, 3.05) is 0 Å². The van der Waals surface area contributed by atoms with E-state index >= 15 is 0 Å². The van der Waals surface area contributed by atoms with Gasteiger partial charge in [-0.1, -0.05) is 35.9 Å². The Kier molecular flexibility index (Phi) is 3.22. The minimum atomic E-state index is 0.812. The minimum absolute atomic E-state index is 0.812. The van der Waals surface area contributed by atoms with E-state index in [-0.39, 0.29) is 0 Å². The van der Waals surface area contributed by atoms with E-state index in [4.69, 9.17) is 4.42 Å². The molecule has 3 heterocycles. The number of fused-ring (bicyclic) bond motifs is 2. The molecule has 26 heavy (non-hydrogen) atoms. The number of H-pyrrole nitrogens is 1. The Hall–Kier alpha value is -3.33. The molecule has 0 radical (unpaired) electrons. The number of hydrogen-bond donors (Lipinski definition) is 1. The number of aromatic nitrogens is 2. The third-order valence-corrected chi connectivity index (χ3v) is 5.02. The highest BCUT2D eigenvalue weighted by atomic mass is 16.3. The van der Waals surface area contributed by atoms with Crippen LogP contribution in [0.25, 0.3) is 44.5 Å². The van der Waals surface area contributed by atoms with Crippen LogP contribution in [0.1, 0.15) is 11.1 Å². The van der Waals surface area contributed by atoms with E-state index < -0.39 is 0 Å². The van der Waals surface area contributed by atoms with Gasteiger partial charge >= 0.3 is 0 Å². The van der Waals surface area contributed by atoms with Crippen molar-refractivity contribution in [1.82, 2.24) is 9.97 Å². The largest absolute Gasteiger partial charge is 0.454 e. The third-order valence-electron chi connectivity index (χ3n) is 5.02. The maximum absolute atomic E-state index is 6.10. The van der Waals surface area contributed by atoms with Gasteiger partial charge in [-0.15, -0.1) is 0 Å². The predicted octanol–water partition coefficient (Wildman–Crippen LogP) is 6.26. The Morgan fingerprint density at radius 3 is 2.58 bits per heavy atom.